The van der Waals surface area contributed by atoms with Gasteiger partial charge in [0.25, 0.3) is 0 Å². The van der Waals surface area contributed by atoms with E-state index in [0.717, 1.165) is 42.9 Å². The molecule has 162 valence electrons. The zero-order chi connectivity index (χ0) is 21.8. The number of fused-ring (bicyclic) bond motifs is 1. The van der Waals surface area contributed by atoms with Crippen molar-refractivity contribution in [3.8, 4) is 16.2 Å². The van der Waals surface area contributed by atoms with Gasteiger partial charge in [0, 0.05) is 40.0 Å². The van der Waals surface area contributed by atoms with Crippen LogP contribution in [0.2, 0.25) is 10.0 Å². The lowest BCUT2D eigenvalue weighted by molar-refractivity contribution is -0.142. The van der Waals surface area contributed by atoms with Crippen molar-refractivity contribution >= 4 is 40.5 Å². The average Bonchev–Trinajstić information content (AvgIpc) is 3.12. The number of carbonyl (C=O) groups excluding carboxylic acids is 1. The molecule has 2 heterocycles. The van der Waals surface area contributed by atoms with E-state index in [-0.39, 0.29) is 12.6 Å². The van der Waals surface area contributed by atoms with E-state index >= 15 is 0 Å². The molecule has 1 aliphatic heterocycles. The summed E-state index contributed by atoms with van der Waals surface area (Å²) in [6.07, 6.45) is 1.94. The molecule has 0 atom stereocenters. The van der Waals surface area contributed by atoms with Crippen molar-refractivity contribution in [3.63, 3.8) is 0 Å². The Balaban J connectivity index is 1.39. The first-order valence-corrected chi connectivity index (χ1v) is 11.7. The molecule has 0 saturated carbocycles. The Kier molecular flexibility index (Phi) is 7.18. The number of esters is 1. The van der Waals surface area contributed by atoms with Gasteiger partial charge in [-0.2, -0.15) is 0 Å². The normalized spacial score (nSPS) is 14.0. The van der Waals surface area contributed by atoms with Crippen LogP contribution in [0, 0.1) is 0 Å². The third kappa shape index (κ3) is 5.60. The molecule has 2 aromatic carbocycles. The van der Waals surface area contributed by atoms with Crippen LogP contribution >= 0.6 is 34.5 Å². The van der Waals surface area contributed by atoms with Crippen molar-refractivity contribution in [2.24, 2.45) is 0 Å². The Bertz CT molecular complexity index is 1080. The maximum Gasteiger partial charge on any atom is 0.343 e. The van der Waals surface area contributed by atoms with Gasteiger partial charge in [0.1, 0.15) is 5.75 Å². The molecule has 0 radical (unpaired) electrons. The smallest absolute Gasteiger partial charge is 0.343 e. The van der Waals surface area contributed by atoms with Gasteiger partial charge in [-0.05, 0) is 60.4 Å². The van der Waals surface area contributed by atoms with Crippen LogP contribution in [0.1, 0.15) is 16.0 Å². The average molecular weight is 476 g/mol. The summed E-state index contributed by atoms with van der Waals surface area (Å²) in [5.41, 5.74) is 3.64. The lowest BCUT2D eigenvalue weighted by Gasteiger charge is -2.18. The van der Waals surface area contributed by atoms with Gasteiger partial charge < -0.3 is 9.47 Å². The number of carbonyl (C=O) groups is 1. The summed E-state index contributed by atoms with van der Waals surface area (Å²) in [6, 6.07) is 16.0. The molecule has 4 nitrogen and oxygen atoms in total. The number of thiophene rings is 1. The first-order chi connectivity index (χ1) is 15.0. The number of methoxy groups -OCH3 is 1. The molecule has 7 heteroatoms. The molecular weight excluding hydrogens is 453 g/mol. The van der Waals surface area contributed by atoms with Crippen LogP contribution in [-0.2, 0) is 28.9 Å². The third-order valence-corrected chi connectivity index (χ3v) is 7.05. The molecule has 0 saturated heterocycles. The number of rotatable bonds is 6. The summed E-state index contributed by atoms with van der Waals surface area (Å²) in [6.45, 7) is 2.82. The number of nitrogens with zero attached hydrogens (tertiary/aromatic N) is 1. The molecule has 0 amide bonds. The quantitative estimate of drug-likeness (QED) is 0.417. The first kappa shape index (κ1) is 22.2. The lowest BCUT2D eigenvalue weighted by atomic mass is 10.0. The molecule has 4 rings (SSSR count). The van der Waals surface area contributed by atoms with E-state index in [4.69, 9.17) is 27.9 Å². The van der Waals surface area contributed by atoms with Gasteiger partial charge in [0.2, 0.25) is 0 Å². The van der Waals surface area contributed by atoms with Gasteiger partial charge >= 0.3 is 5.97 Å². The van der Waals surface area contributed by atoms with Gasteiger partial charge in [-0.15, -0.1) is 11.3 Å². The number of ether oxygens (including phenoxy) is 2. The zero-order valence-corrected chi connectivity index (χ0v) is 19.5. The van der Waals surface area contributed by atoms with Gasteiger partial charge in [0.05, 0.1) is 12.1 Å². The minimum atomic E-state index is -0.378. The molecule has 0 N–H and O–H groups in total. The van der Waals surface area contributed by atoms with Crippen molar-refractivity contribution < 1.29 is 14.3 Å². The molecular formula is C24H23Cl2NO3S. The predicted molar refractivity (Wildman–Crippen MR) is 126 cm³/mol. The van der Waals surface area contributed by atoms with E-state index in [1.807, 2.05) is 24.3 Å². The van der Waals surface area contributed by atoms with E-state index in [0.29, 0.717) is 15.8 Å². The third-order valence-electron chi connectivity index (χ3n) is 5.39. The molecule has 0 aliphatic carbocycles. The number of hydrogen-bond donors (Lipinski definition) is 0. The van der Waals surface area contributed by atoms with Crippen molar-refractivity contribution in [2.45, 2.75) is 19.4 Å². The molecule has 0 fully saturated rings. The van der Waals surface area contributed by atoms with Crippen molar-refractivity contribution in [3.05, 3.63) is 74.6 Å². The summed E-state index contributed by atoms with van der Waals surface area (Å²) >= 11 is 14.2. The largest absolute Gasteiger partial charge is 0.482 e. The van der Waals surface area contributed by atoms with Crippen LogP contribution in [0.4, 0.5) is 0 Å². The molecule has 31 heavy (non-hydrogen) atoms. The Labute approximate surface area is 196 Å². The summed E-state index contributed by atoms with van der Waals surface area (Å²) in [4.78, 5) is 16.3. The SMILES string of the molecule is COC(=O)COc1ccc2c(c1)CCN(Cc1ccc(-c3ccc(Cl)cc3Cl)s1)CC2. The number of hydrogen-bond acceptors (Lipinski definition) is 5. The van der Waals surface area contributed by atoms with Crippen LogP contribution in [0.5, 0.6) is 5.75 Å². The summed E-state index contributed by atoms with van der Waals surface area (Å²) < 4.78 is 10.2. The monoisotopic (exact) mass is 475 g/mol. The maximum absolute atomic E-state index is 11.3. The van der Waals surface area contributed by atoms with Gasteiger partial charge in [0.15, 0.2) is 6.61 Å². The molecule has 0 bridgehead atoms. The molecule has 0 spiro atoms. The Morgan fingerprint density at radius 2 is 1.84 bits per heavy atom. The van der Waals surface area contributed by atoms with Crippen LogP contribution in [0.3, 0.4) is 0 Å². The van der Waals surface area contributed by atoms with E-state index in [1.54, 1.807) is 17.4 Å². The Hall–Kier alpha value is -2.05. The van der Waals surface area contributed by atoms with Crippen LogP contribution in [0.25, 0.3) is 10.4 Å². The van der Waals surface area contributed by atoms with Crippen LogP contribution < -0.4 is 4.74 Å². The maximum atomic E-state index is 11.3. The summed E-state index contributed by atoms with van der Waals surface area (Å²) in [7, 11) is 1.36. The molecule has 1 aliphatic rings. The molecule has 1 aromatic heterocycles. The highest BCUT2D eigenvalue weighted by Crippen LogP contribution is 2.35. The van der Waals surface area contributed by atoms with Gasteiger partial charge in [-0.25, -0.2) is 4.79 Å². The second-order valence-electron chi connectivity index (χ2n) is 7.46. The highest BCUT2D eigenvalue weighted by atomic mass is 35.5. The molecule has 3 aromatic rings. The summed E-state index contributed by atoms with van der Waals surface area (Å²) in [5.74, 6) is 0.330. The fourth-order valence-electron chi connectivity index (χ4n) is 3.71. The summed E-state index contributed by atoms with van der Waals surface area (Å²) in [5, 5.41) is 1.32. The highest BCUT2D eigenvalue weighted by molar-refractivity contribution is 7.15. The predicted octanol–water partition coefficient (Wildman–Crippen LogP) is 5.87. The fourth-order valence-corrected chi connectivity index (χ4v) is 5.37. The van der Waals surface area contributed by atoms with Crippen molar-refractivity contribution in [2.75, 3.05) is 26.8 Å². The topological polar surface area (TPSA) is 38.8 Å². The number of halogens is 2. The zero-order valence-electron chi connectivity index (χ0n) is 17.2. The van der Waals surface area contributed by atoms with E-state index in [2.05, 4.69) is 27.8 Å². The van der Waals surface area contributed by atoms with Gasteiger partial charge in [-0.3, -0.25) is 4.90 Å². The second-order valence-corrected chi connectivity index (χ2v) is 9.47. The Morgan fingerprint density at radius 3 is 2.61 bits per heavy atom. The standard InChI is InChI=1S/C24H23Cl2NO3S/c1-29-24(28)15-30-19-4-2-16-8-10-27(11-9-17(16)12-19)14-20-5-7-23(31-20)21-6-3-18(25)13-22(21)26/h2-7,12-13H,8-11,14-15H2,1H3. The second kappa shape index (κ2) is 10.0. The lowest BCUT2D eigenvalue weighted by Crippen LogP contribution is -2.25. The minimum absolute atomic E-state index is 0.0697. The fraction of sp³-hybridized carbons (Fsp3) is 0.292. The highest BCUT2D eigenvalue weighted by Gasteiger charge is 2.17. The Morgan fingerprint density at radius 1 is 1.03 bits per heavy atom. The van der Waals surface area contributed by atoms with E-state index < -0.39 is 0 Å². The van der Waals surface area contributed by atoms with Crippen LogP contribution in [-0.4, -0.2) is 37.7 Å². The van der Waals surface area contributed by atoms with E-state index in [9.17, 15) is 4.79 Å². The van der Waals surface area contributed by atoms with E-state index in [1.165, 1.54) is 23.1 Å². The minimum Gasteiger partial charge on any atom is -0.482 e. The van der Waals surface area contributed by atoms with Crippen molar-refractivity contribution in [1.29, 1.82) is 0 Å². The first-order valence-electron chi connectivity index (χ1n) is 10.1. The van der Waals surface area contributed by atoms with Crippen molar-refractivity contribution in [1.82, 2.24) is 4.90 Å². The number of benzene rings is 2. The molecule has 0 unspecified atom stereocenters. The van der Waals surface area contributed by atoms with Crippen LogP contribution in [0.15, 0.2) is 48.5 Å². The van der Waals surface area contributed by atoms with Gasteiger partial charge in [-0.1, -0.05) is 35.3 Å².